The maximum atomic E-state index is 4.19. The minimum Gasteiger partial charge on any atom is -0.310 e. The number of aromatic nitrogens is 1. The lowest BCUT2D eigenvalue weighted by Gasteiger charge is -2.05. The molecule has 2 nitrogen and oxygen atoms in total. The molecule has 1 aliphatic carbocycles. The van der Waals surface area contributed by atoms with Gasteiger partial charge in [0.15, 0.2) is 0 Å². The van der Waals surface area contributed by atoms with Crippen LogP contribution in [0.25, 0.3) is 0 Å². The molecule has 0 saturated heterocycles. The Morgan fingerprint density at radius 1 is 1.15 bits per heavy atom. The highest BCUT2D eigenvalue weighted by atomic mass is 79.9. The molecule has 0 amide bonds. The maximum Gasteiger partial charge on any atom is 0.0410 e. The third-order valence-electron chi connectivity index (χ3n) is 3.26. The monoisotopic (exact) mass is 348 g/mol. The summed E-state index contributed by atoms with van der Waals surface area (Å²) in [6.07, 6.45) is 6.42. The minimum atomic E-state index is 0.771. The van der Waals surface area contributed by atoms with Gasteiger partial charge in [0.2, 0.25) is 0 Å². The van der Waals surface area contributed by atoms with Crippen molar-refractivity contribution in [1.29, 1.82) is 0 Å². The Balaban J connectivity index is 1.52. The van der Waals surface area contributed by atoms with Gasteiger partial charge in [0.25, 0.3) is 0 Å². The van der Waals surface area contributed by atoms with E-state index in [4.69, 9.17) is 0 Å². The smallest absolute Gasteiger partial charge is 0.0410 e. The normalized spacial score (nSPS) is 14.4. The summed E-state index contributed by atoms with van der Waals surface area (Å²) in [7, 11) is 0. The molecule has 20 heavy (non-hydrogen) atoms. The van der Waals surface area contributed by atoms with E-state index < -0.39 is 0 Å². The first-order chi connectivity index (χ1) is 9.79. The molecule has 3 rings (SSSR count). The Kier molecular flexibility index (Phi) is 4.76. The zero-order chi connectivity index (χ0) is 13.8. The predicted octanol–water partition coefficient (Wildman–Crippen LogP) is 4.39. The molecular weight excluding hydrogens is 332 g/mol. The van der Waals surface area contributed by atoms with E-state index in [1.807, 2.05) is 24.2 Å². The summed E-state index contributed by atoms with van der Waals surface area (Å²) in [5, 5.41) is 3.54. The number of halogens is 1. The van der Waals surface area contributed by atoms with Crippen molar-refractivity contribution in [3.63, 3.8) is 0 Å². The van der Waals surface area contributed by atoms with E-state index in [9.17, 15) is 0 Å². The van der Waals surface area contributed by atoms with Crippen LogP contribution in [0.1, 0.15) is 24.0 Å². The van der Waals surface area contributed by atoms with Crippen molar-refractivity contribution in [3.05, 3.63) is 58.3 Å². The summed E-state index contributed by atoms with van der Waals surface area (Å²) in [6, 6.07) is 11.7. The summed E-state index contributed by atoms with van der Waals surface area (Å²) in [5.41, 5.74) is 2.61. The first kappa shape index (κ1) is 14.1. The Labute approximate surface area is 132 Å². The van der Waals surface area contributed by atoms with Crippen molar-refractivity contribution in [2.75, 3.05) is 0 Å². The van der Waals surface area contributed by atoms with E-state index in [1.54, 1.807) is 0 Å². The van der Waals surface area contributed by atoms with Gasteiger partial charge in [-0.3, -0.25) is 4.98 Å². The van der Waals surface area contributed by atoms with Crippen molar-refractivity contribution < 1.29 is 0 Å². The van der Waals surface area contributed by atoms with Crippen LogP contribution < -0.4 is 5.32 Å². The number of hydrogen-bond acceptors (Lipinski definition) is 3. The molecule has 0 spiro atoms. The van der Waals surface area contributed by atoms with Crippen LogP contribution in [0, 0.1) is 0 Å². The number of nitrogens with zero attached hydrogens (tertiary/aromatic N) is 1. The van der Waals surface area contributed by atoms with Crippen LogP contribution in [0.4, 0.5) is 0 Å². The van der Waals surface area contributed by atoms with E-state index in [0.29, 0.717) is 0 Å². The number of nitrogens with one attached hydrogen (secondary N) is 1. The van der Waals surface area contributed by atoms with Gasteiger partial charge in [-0.2, -0.15) is 0 Å². The van der Waals surface area contributed by atoms with Gasteiger partial charge in [-0.1, -0.05) is 12.1 Å². The fourth-order valence-electron chi connectivity index (χ4n) is 1.95. The van der Waals surface area contributed by atoms with Gasteiger partial charge >= 0.3 is 0 Å². The Hall–Kier alpha value is -0.840. The second-order valence-electron chi connectivity index (χ2n) is 5.10. The number of benzene rings is 1. The topological polar surface area (TPSA) is 24.9 Å². The standard InChI is InChI=1S/C16H17BrN2S/c17-14-7-13(8-18-10-14)11-20-16-5-1-12(2-6-16)9-19-15-3-4-15/h1-2,5-8,10,15,19H,3-4,9,11H2. The Morgan fingerprint density at radius 3 is 2.65 bits per heavy atom. The van der Waals surface area contributed by atoms with Gasteiger partial charge in [0.05, 0.1) is 0 Å². The molecule has 104 valence electrons. The molecular formula is C16H17BrN2S. The fourth-order valence-corrected chi connectivity index (χ4v) is 3.19. The lowest BCUT2D eigenvalue weighted by molar-refractivity contribution is 0.687. The van der Waals surface area contributed by atoms with E-state index >= 15 is 0 Å². The molecule has 1 N–H and O–H groups in total. The summed E-state index contributed by atoms with van der Waals surface area (Å²) in [5.74, 6) is 0.951. The van der Waals surface area contributed by atoms with Crippen molar-refractivity contribution in [3.8, 4) is 0 Å². The second kappa shape index (κ2) is 6.74. The van der Waals surface area contributed by atoms with Gasteiger partial charge in [0, 0.05) is 40.1 Å². The summed E-state index contributed by atoms with van der Waals surface area (Å²) in [4.78, 5) is 5.49. The molecule has 1 aliphatic rings. The van der Waals surface area contributed by atoms with E-state index in [0.717, 1.165) is 22.8 Å². The Bertz CT molecular complexity index is 567. The average Bonchev–Trinajstić information content (AvgIpc) is 3.28. The van der Waals surface area contributed by atoms with Gasteiger partial charge in [0.1, 0.15) is 0 Å². The molecule has 0 radical (unpaired) electrons. The number of pyridine rings is 1. The number of thioether (sulfide) groups is 1. The highest BCUT2D eigenvalue weighted by molar-refractivity contribution is 9.10. The zero-order valence-corrected chi connectivity index (χ0v) is 13.6. The molecule has 1 aromatic carbocycles. The highest BCUT2D eigenvalue weighted by Crippen LogP contribution is 2.24. The highest BCUT2D eigenvalue weighted by Gasteiger charge is 2.19. The summed E-state index contributed by atoms with van der Waals surface area (Å²) in [6.45, 7) is 0.991. The van der Waals surface area contributed by atoms with Crippen molar-refractivity contribution >= 4 is 27.7 Å². The predicted molar refractivity (Wildman–Crippen MR) is 87.8 cm³/mol. The fraction of sp³-hybridized carbons (Fsp3) is 0.312. The van der Waals surface area contributed by atoms with Gasteiger partial charge < -0.3 is 5.32 Å². The van der Waals surface area contributed by atoms with Crippen LogP contribution in [0.15, 0.2) is 52.1 Å². The lowest BCUT2D eigenvalue weighted by Crippen LogP contribution is -2.14. The first-order valence-corrected chi connectivity index (χ1v) is 8.62. The van der Waals surface area contributed by atoms with Crippen molar-refractivity contribution in [2.45, 2.75) is 36.1 Å². The molecule has 1 heterocycles. The van der Waals surface area contributed by atoms with E-state index in [-0.39, 0.29) is 0 Å². The molecule has 0 atom stereocenters. The SMILES string of the molecule is Brc1cncc(CSc2ccc(CNC3CC3)cc2)c1. The molecule has 0 aliphatic heterocycles. The minimum absolute atomic E-state index is 0.771. The molecule has 1 saturated carbocycles. The number of hydrogen-bond donors (Lipinski definition) is 1. The van der Waals surface area contributed by atoms with Crippen LogP contribution >= 0.6 is 27.7 Å². The van der Waals surface area contributed by atoms with E-state index in [1.165, 1.54) is 28.9 Å². The largest absolute Gasteiger partial charge is 0.310 e. The third kappa shape index (κ3) is 4.33. The van der Waals surface area contributed by atoms with Gasteiger partial charge in [-0.05, 0) is 58.1 Å². The van der Waals surface area contributed by atoms with Gasteiger partial charge in [-0.15, -0.1) is 11.8 Å². The average molecular weight is 349 g/mol. The molecule has 0 bridgehead atoms. The third-order valence-corrected chi connectivity index (χ3v) is 4.78. The van der Waals surface area contributed by atoms with Crippen molar-refractivity contribution in [1.82, 2.24) is 10.3 Å². The van der Waals surface area contributed by atoms with Crippen LogP contribution in [-0.2, 0) is 12.3 Å². The molecule has 1 aromatic heterocycles. The first-order valence-electron chi connectivity index (χ1n) is 6.84. The molecule has 2 aromatic rings. The quantitative estimate of drug-likeness (QED) is 0.783. The van der Waals surface area contributed by atoms with E-state index in [2.05, 4.69) is 56.6 Å². The maximum absolute atomic E-state index is 4.19. The second-order valence-corrected chi connectivity index (χ2v) is 7.06. The number of rotatable bonds is 6. The summed E-state index contributed by atoms with van der Waals surface area (Å²) >= 11 is 5.30. The Morgan fingerprint density at radius 2 is 1.95 bits per heavy atom. The van der Waals surface area contributed by atoms with Crippen LogP contribution in [0.5, 0.6) is 0 Å². The van der Waals surface area contributed by atoms with Crippen LogP contribution in [-0.4, -0.2) is 11.0 Å². The summed E-state index contributed by atoms with van der Waals surface area (Å²) < 4.78 is 1.04. The molecule has 0 unspecified atom stereocenters. The van der Waals surface area contributed by atoms with Crippen LogP contribution in [0.2, 0.25) is 0 Å². The molecule has 1 fully saturated rings. The zero-order valence-electron chi connectivity index (χ0n) is 11.2. The molecule has 4 heteroatoms. The van der Waals surface area contributed by atoms with Crippen molar-refractivity contribution in [2.24, 2.45) is 0 Å². The van der Waals surface area contributed by atoms with Gasteiger partial charge in [-0.25, -0.2) is 0 Å². The lowest BCUT2D eigenvalue weighted by atomic mass is 10.2. The van der Waals surface area contributed by atoms with Crippen LogP contribution in [0.3, 0.4) is 0 Å².